The number of hydrogen-bond acceptors (Lipinski definition) is 0. The van der Waals surface area contributed by atoms with E-state index in [0.717, 1.165) is 0 Å². The van der Waals surface area contributed by atoms with Gasteiger partial charge in [-0.05, 0) is 130 Å². The van der Waals surface area contributed by atoms with Crippen molar-refractivity contribution in [3.63, 3.8) is 0 Å². The van der Waals surface area contributed by atoms with Gasteiger partial charge < -0.3 is 0 Å². The smallest absolute Gasteiger partial charge is 0.00998 e. The molecule has 0 unspecified atom stereocenters. The lowest BCUT2D eigenvalue weighted by Gasteiger charge is -2.17. The first-order valence-corrected chi connectivity index (χ1v) is 12.9. The first-order valence-electron chi connectivity index (χ1n) is 12.9. The van der Waals surface area contributed by atoms with Crippen molar-refractivity contribution < 1.29 is 0 Å². The molecule has 0 heteroatoms. The minimum Gasteiger partial charge on any atom is -0.0614 e. The molecule has 0 aliphatic heterocycles. The predicted octanol–water partition coefficient (Wildman–Crippen LogP) is 10.3. The van der Waals surface area contributed by atoms with Crippen LogP contribution in [-0.2, 0) is 0 Å². The van der Waals surface area contributed by atoms with E-state index in [1.165, 1.54) is 88.0 Å². The van der Waals surface area contributed by atoms with Gasteiger partial charge in [0, 0.05) is 0 Å². The standard InChI is InChI=1S/C36H32/c1-21-10-12-33-28(16-21)17-22(2)18-36(33)35-19-24(4)34-20-27(11-13-32(34)26(35)6)30-15-14-29-23(3)8-7-9-31(29)25(30)5/h7-20H,1-6H3. The van der Waals surface area contributed by atoms with Crippen LogP contribution < -0.4 is 0 Å². The van der Waals surface area contributed by atoms with Gasteiger partial charge in [-0.3, -0.25) is 0 Å². The number of hydrogen-bond donors (Lipinski definition) is 0. The van der Waals surface area contributed by atoms with E-state index in [9.17, 15) is 0 Å². The van der Waals surface area contributed by atoms with Gasteiger partial charge in [0.05, 0.1) is 0 Å². The van der Waals surface area contributed by atoms with Gasteiger partial charge in [-0.2, -0.15) is 0 Å². The summed E-state index contributed by atoms with van der Waals surface area (Å²) < 4.78 is 0. The third kappa shape index (κ3) is 3.52. The normalized spacial score (nSPS) is 11.6. The maximum Gasteiger partial charge on any atom is -0.00998 e. The summed E-state index contributed by atoms with van der Waals surface area (Å²) in [4.78, 5) is 0. The van der Waals surface area contributed by atoms with Gasteiger partial charge >= 0.3 is 0 Å². The highest BCUT2D eigenvalue weighted by molar-refractivity contribution is 6.03. The minimum absolute atomic E-state index is 1.29. The van der Waals surface area contributed by atoms with Crippen molar-refractivity contribution in [3.05, 3.63) is 118 Å². The number of rotatable bonds is 2. The molecule has 0 radical (unpaired) electrons. The highest BCUT2D eigenvalue weighted by atomic mass is 14.2. The predicted molar refractivity (Wildman–Crippen MR) is 158 cm³/mol. The average molecular weight is 465 g/mol. The summed E-state index contributed by atoms with van der Waals surface area (Å²) in [5.41, 5.74) is 13.2. The first kappa shape index (κ1) is 22.6. The molecule has 0 fully saturated rings. The molecule has 0 aliphatic rings. The largest absolute Gasteiger partial charge is 0.0614 e. The van der Waals surface area contributed by atoms with Crippen molar-refractivity contribution in [1.29, 1.82) is 0 Å². The second-order valence-electron chi connectivity index (χ2n) is 10.6. The maximum absolute atomic E-state index is 2.39. The Balaban J connectivity index is 1.55. The Kier molecular flexibility index (Phi) is 5.23. The summed E-state index contributed by atoms with van der Waals surface area (Å²) in [7, 11) is 0. The zero-order chi connectivity index (χ0) is 25.1. The fourth-order valence-corrected chi connectivity index (χ4v) is 6.03. The Bertz CT molecular complexity index is 1830. The summed E-state index contributed by atoms with van der Waals surface area (Å²) in [6.45, 7) is 13.4. The van der Waals surface area contributed by atoms with Crippen molar-refractivity contribution in [2.75, 3.05) is 0 Å². The van der Waals surface area contributed by atoms with Gasteiger partial charge in [0.1, 0.15) is 0 Å². The maximum atomic E-state index is 2.39. The molecule has 6 rings (SSSR count). The second kappa shape index (κ2) is 8.35. The summed E-state index contributed by atoms with van der Waals surface area (Å²) in [6.07, 6.45) is 0. The lowest BCUT2D eigenvalue weighted by atomic mass is 9.87. The van der Waals surface area contributed by atoms with Crippen LogP contribution in [0.1, 0.15) is 33.4 Å². The highest BCUT2D eigenvalue weighted by Gasteiger charge is 2.14. The average Bonchev–Trinajstić information content (AvgIpc) is 2.86. The van der Waals surface area contributed by atoms with E-state index < -0.39 is 0 Å². The van der Waals surface area contributed by atoms with Gasteiger partial charge in [-0.1, -0.05) is 84.4 Å². The van der Waals surface area contributed by atoms with Gasteiger partial charge in [-0.15, -0.1) is 0 Å². The monoisotopic (exact) mass is 464 g/mol. The summed E-state index contributed by atoms with van der Waals surface area (Å²) >= 11 is 0. The van der Waals surface area contributed by atoms with E-state index in [1.807, 2.05) is 0 Å². The Morgan fingerprint density at radius 3 is 1.92 bits per heavy atom. The third-order valence-corrected chi connectivity index (χ3v) is 8.02. The zero-order valence-electron chi connectivity index (χ0n) is 22.1. The third-order valence-electron chi connectivity index (χ3n) is 8.02. The lowest BCUT2D eigenvalue weighted by molar-refractivity contribution is 1.43. The van der Waals surface area contributed by atoms with E-state index in [4.69, 9.17) is 0 Å². The molecule has 0 heterocycles. The molecule has 0 N–H and O–H groups in total. The van der Waals surface area contributed by atoms with Gasteiger partial charge in [0.2, 0.25) is 0 Å². The quantitative estimate of drug-likeness (QED) is 0.239. The molecule has 0 saturated heterocycles. The van der Waals surface area contributed by atoms with Crippen molar-refractivity contribution in [2.45, 2.75) is 41.5 Å². The fraction of sp³-hybridized carbons (Fsp3) is 0.167. The minimum atomic E-state index is 1.29. The van der Waals surface area contributed by atoms with Crippen molar-refractivity contribution in [3.8, 4) is 22.3 Å². The molecular formula is C36H32. The molecule has 0 nitrogen and oxygen atoms in total. The van der Waals surface area contributed by atoms with E-state index in [0.29, 0.717) is 0 Å². The van der Waals surface area contributed by atoms with Crippen LogP contribution in [0, 0.1) is 41.5 Å². The van der Waals surface area contributed by atoms with Crippen LogP contribution in [0.5, 0.6) is 0 Å². The fourth-order valence-electron chi connectivity index (χ4n) is 6.03. The molecule has 6 aromatic carbocycles. The molecule has 0 spiro atoms. The number of aryl methyl sites for hydroxylation is 6. The van der Waals surface area contributed by atoms with Gasteiger partial charge in [-0.25, -0.2) is 0 Å². The summed E-state index contributed by atoms with van der Waals surface area (Å²) in [5, 5.41) is 8.01. The summed E-state index contributed by atoms with van der Waals surface area (Å²) in [6, 6.07) is 32.1. The van der Waals surface area contributed by atoms with E-state index >= 15 is 0 Å². The lowest BCUT2D eigenvalue weighted by Crippen LogP contribution is -1.93. The van der Waals surface area contributed by atoms with Crippen molar-refractivity contribution >= 4 is 32.3 Å². The molecule has 0 aliphatic carbocycles. The number of benzene rings is 6. The zero-order valence-corrected chi connectivity index (χ0v) is 22.1. The van der Waals surface area contributed by atoms with Crippen LogP contribution >= 0.6 is 0 Å². The SMILES string of the molecule is Cc1ccc2c(-c3cc(C)c4cc(-c5ccc6c(C)cccc6c5C)ccc4c3C)cc(C)cc2c1. The molecule has 176 valence electrons. The van der Waals surface area contributed by atoms with Crippen LogP contribution in [0.3, 0.4) is 0 Å². The molecule has 36 heavy (non-hydrogen) atoms. The molecule has 0 atom stereocenters. The topological polar surface area (TPSA) is 0 Å². The Labute approximate surface area is 214 Å². The summed E-state index contributed by atoms with van der Waals surface area (Å²) in [5.74, 6) is 0. The van der Waals surface area contributed by atoms with Crippen molar-refractivity contribution in [2.24, 2.45) is 0 Å². The molecule has 0 amide bonds. The van der Waals surface area contributed by atoms with Gasteiger partial charge in [0.25, 0.3) is 0 Å². The molecular weight excluding hydrogens is 432 g/mol. The molecule has 6 aromatic rings. The van der Waals surface area contributed by atoms with Gasteiger partial charge in [0.15, 0.2) is 0 Å². The van der Waals surface area contributed by atoms with Crippen LogP contribution in [0.4, 0.5) is 0 Å². The van der Waals surface area contributed by atoms with Crippen molar-refractivity contribution in [1.82, 2.24) is 0 Å². The highest BCUT2D eigenvalue weighted by Crippen LogP contribution is 2.39. The van der Waals surface area contributed by atoms with E-state index in [1.54, 1.807) is 0 Å². The Hall–Kier alpha value is -3.90. The Morgan fingerprint density at radius 1 is 0.389 bits per heavy atom. The van der Waals surface area contributed by atoms with Crippen LogP contribution in [0.2, 0.25) is 0 Å². The van der Waals surface area contributed by atoms with Crippen LogP contribution in [0.15, 0.2) is 84.9 Å². The number of fused-ring (bicyclic) bond motifs is 3. The first-order chi connectivity index (χ1) is 17.3. The second-order valence-corrected chi connectivity index (χ2v) is 10.6. The molecule has 0 bridgehead atoms. The molecule has 0 saturated carbocycles. The van der Waals surface area contributed by atoms with E-state index in [2.05, 4.69) is 126 Å². The Morgan fingerprint density at radius 2 is 1.08 bits per heavy atom. The van der Waals surface area contributed by atoms with Crippen LogP contribution in [0.25, 0.3) is 54.6 Å². The van der Waals surface area contributed by atoms with Crippen LogP contribution in [-0.4, -0.2) is 0 Å². The van der Waals surface area contributed by atoms with E-state index in [-0.39, 0.29) is 0 Å². The molecule has 0 aromatic heterocycles.